The van der Waals surface area contributed by atoms with Gasteiger partial charge in [-0.1, -0.05) is 44.2 Å². The van der Waals surface area contributed by atoms with Gasteiger partial charge in [0.25, 0.3) is 0 Å². The zero-order chi connectivity index (χ0) is 15.4. The zero-order valence-electron chi connectivity index (χ0n) is 13.5. The summed E-state index contributed by atoms with van der Waals surface area (Å²) in [6, 6.07) is 10.9. The Balaban J connectivity index is 2.05. The minimum absolute atomic E-state index is 0.249. The Hall–Kier alpha value is -1.35. The molecule has 21 heavy (non-hydrogen) atoms. The van der Waals surface area contributed by atoms with Crippen LogP contribution in [0.3, 0.4) is 0 Å². The van der Waals surface area contributed by atoms with Crippen molar-refractivity contribution in [1.29, 1.82) is 0 Å². The largest absolute Gasteiger partial charge is 0.340 e. The van der Waals surface area contributed by atoms with Crippen LogP contribution in [0.5, 0.6) is 0 Å². The number of rotatable bonds is 4. The molecule has 0 aliphatic carbocycles. The molecule has 0 radical (unpaired) electrons. The van der Waals surface area contributed by atoms with Crippen LogP contribution in [0.4, 0.5) is 0 Å². The van der Waals surface area contributed by atoms with Gasteiger partial charge in [-0.15, -0.1) is 0 Å². The molecule has 0 bridgehead atoms. The van der Waals surface area contributed by atoms with Gasteiger partial charge in [0, 0.05) is 25.0 Å². The zero-order valence-corrected chi connectivity index (χ0v) is 13.5. The summed E-state index contributed by atoms with van der Waals surface area (Å²) in [5.74, 6) is 1.03. The smallest absolute Gasteiger partial charge is 0.223 e. The third-order valence-corrected chi connectivity index (χ3v) is 4.66. The highest BCUT2D eigenvalue weighted by Gasteiger charge is 2.29. The molecular weight excluding hydrogens is 260 g/mol. The van der Waals surface area contributed by atoms with Crippen LogP contribution in [-0.2, 0) is 4.79 Å². The van der Waals surface area contributed by atoms with Crippen LogP contribution >= 0.6 is 0 Å². The van der Waals surface area contributed by atoms with Crippen molar-refractivity contribution in [3.8, 4) is 0 Å². The van der Waals surface area contributed by atoms with E-state index in [0.29, 0.717) is 18.3 Å². The number of carbonyl (C=O) groups is 1. The highest BCUT2D eigenvalue weighted by molar-refractivity contribution is 5.77. The second kappa shape index (κ2) is 7.08. The standard InChI is InChI=1S/C18H28N2O/c1-13(2)17(15-7-5-4-6-8-15)12-18(21)20-10-9-16(19)11-14(20)3/h4-8,13-14,16-17H,9-12,19H2,1-3H3/t14-,16-,17-/m0/s1. The fraction of sp³-hybridized carbons (Fsp3) is 0.611. The summed E-state index contributed by atoms with van der Waals surface area (Å²) < 4.78 is 0. The van der Waals surface area contributed by atoms with Crippen LogP contribution < -0.4 is 5.73 Å². The first-order chi connectivity index (χ1) is 9.99. The molecule has 3 heteroatoms. The first-order valence-electron chi connectivity index (χ1n) is 8.09. The van der Waals surface area contributed by atoms with E-state index in [0.717, 1.165) is 19.4 Å². The van der Waals surface area contributed by atoms with E-state index in [9.17, 15) is 4.79 Å². The molecule has 0 spiro atoms. The number of benzene rings is 1. The van der Waals surface area contributed by atoms with Crippen molar-refractivity contribution in [1.82, 2.24) is 4.90 Å². The Morgan fingerprint density at radius 3 is 2.57 bits per heavy atom. The van der Waals surface area contributed by atoms with Crippen LogP contribution in [0.1, 0.15) is 51.5 Å². The van der Waals surface area contributed by atoms with E-state index in [2.05, 4.69) is 45.0 Å². The SMILES string of the molecule is CC(C)[C@H](CC(=O)N1CC[C@H](N)C[C@@H]1C)c1ccccc1. The number of piperidine rings is 1. The number of nitrogens with two attached hydrogens (primary N) is 1. The van der Waals surface area contributed by atoms with Crippen LogP contribution in [0.25, 0.3) is 0 Å². The summed E-state index contributed by atoms with van der Waals surface area (Å²) in [5.41, 5.74) is 7.26. The number of amides is 1. The predicted molar refractivity (Wildman–Crippen MR) is 87.0 cm³/mol. The minimum atomic E-state index is 0.249. The van der Waals surface area contributed by atoms with Gasteiger partial charge < -0.3 is 10.6 Å². The summed E-state index contributed by atoms with van der Waals surface area (Å²) in [7, 11) is 0. The summed E-state index contributed by atoms with van der Waals surface area (Å²) in [5, 5.41) is 0. The second-order valence-electron chi connectivity index (χ2n) is 6.69. The highest BCUT2D eigenvalue weighted by Crippen LogP contribution is 2.29. The van der Waals surface area contributed by atoms with Gasteiger partial charge in [0.15, 0.2) is 0 Å². The summed E-state index contributed by atoms with van der Waals surface area (Å²) in [6.07, 6.45) is 2.44. The lowest BCUT2D eigenvalue weighted by Crippen LogP contribution is -2.48. The van der Waals surface area contributed by atoms with Crippen LogP contribution in [0, 0.1) is 5.92 Å². The molecule has 3 atom stereocenters. The molecule has 1 aromatic rings. The van der Waals surface area contributed by atoms with E-state index in [1.54, 1.807) is 0 Å². The Labute approximate surface area is 128 Å². The minimum Gasteiger partial charge on any atom is -0.340 e. The maximum Gasteiger partial charge on any atom is 0.223 e. The Kier molecular flexibility index (Phi) is 5.40. The van der Waals surface area contributed by atoms with Crippen molar-refractivity contribution in [3.63, 3.8) is 0 Å². The second-order valence-corrected chi connectivity index (χ2v) is 6.69. The Morgan fingerprint density at radius 1 is 1.33 bits per heavy atom. The van der Waals surface area contributed by atoms with E-state index >= 15 is 0 Å². The molecule has 0 aromatic heterocycles. The molecule has 2 rings (SSSR count). The fourth-order valence-corrected chi connectivity index (χ4v) is 3.32. The van der Waals surface area contributed by atoms with Gasteiger partial charge in [0.1, 0.15) is 0 Å². The first kappa shape index (κ1) is 16.0. The van der Waals surface area contributed by atoms with Crippen molar-refractivity contribution < 1.29 is 4.79 Å². The Morgan fingerprint density at radius 2 is 2.00 bits per heavy atom. The lowest BCUT2D eigenvalue weighted by Gasteiger charge is -2.37. The van der Waals surface area contributed by atoms with E-state index < -0.39 is 0 Å². The molecule has 1 aliphatic rings. The number of hydrogen-bond donors (Lipinski definition) is 1. The summed E-state index contributed by atoms with van der Waals surface area (Å²) >= 11 is 0. The average Bonchev–Trinajstić information content (AvgIpc) is 2.45. The molecular formula is C18H28N2O. The molecule has 1 saturated heterocycles. The third-order valence-electron chi connectivity index (χ3n) is 4.66. The molecule has 1 heterocycles. The van der Waals surface area contributed by atoms with Gasteiger partial charge >= 0.3 is 0 Å². The van der Waals surface area contributed by atoms with Crippen LogP contribution in [0.15, 0.2) is 30.3 Å². The van der Waals surface area contributed by atoms with Gasteiger partial charge in [0.2, 0.25) is 5.91 Å². The van der Waals surface area contributed by atoms with E-state index in [1.807, 2.05) is 11.0 Å². The quantitative estimate of drug-likeness (QED) is 0.925. The normalized spacial score (nSPS) is 24.1. The molecule has 1 amide bonds. The molecule has 0 saturated carbocycles. The number of carbonyl (C=O) groups excluding carboxylic acids is 1. The molecule has 1 fully saturated rings. The van der Waals surface area contributed by atoms with Crippen LogP contribution in [-0.4, -0.2) is 29.4 Å². The first-order valence-corrected chi connectivity index (χ1v) is 8.09. The monoisotopic (exact) mass is 288 g/mol. The highest BCUT2D eigenvalue weighted by atomic mass is 16.2. The Bertz CT molecular complexity index is 458. The topological polar surface area (TPSA) is 46.3 Å². The number of nitrogens with zero attached hydrogens (tertiary/aromatic N) is 1. The van der Waals surface area contributed by atoms with Crippen LogP contribution in [0.2, 0.25) is 0 Å². The van der Waals surface area contributed by atoms with Crippen molar-refractivity contribution in [2.24, 2.45) is 11.7 Å². The van der Waals surface area contributed by atoms with Crippen molar-refractivity contribution in [2.75, 3.05) is 6.54 Å². The average molecular weight is 288 g/mol. The fourth-order valence-electron chi connectivity index (χ4n) is 3.32. The lowest BCUT2D eigenvalue weighted by atomic mass is 9.85. The lowest BCUT2D eigenvalue weighted by molar-refractivity contribution is -0.135. The molecule has 2 N–H and O–H groups in total. The molecule has 116 valence electrons. The van der Waals surface area contributed by atoms with Gasteiger partial charge in [-0.05, 0) is 37.2 Å². The predicted octanol–water partition coefficient (Wildman–Crippen LogP) is 3.15. The van der Waals surface area contributed by atoms with E-state index in [4.69, 9.17) is 5.73 Å². The van der Waals surface area contributed by atoms with Gasteiger partial charge in [-0.25, -0.2) is 0 Å². The maximum absolute atomic E-state index is 12.7. The third kappa shape index (κ3) is 4.07. The van der Waals surface area contributed by atoms with Crippen molar-refractivity contribution in [3.05, 3.63) is 35.9 Å². The van der Waals surface area contributed by atoms with Crippen molar-refractivity contribution in [2.45, 2.75) is 58.0 Å². The van der Waals surface area contributed by atoms with Gasteiger partial charge in [-0.3, -0.25) is 4.79 Å². The molecule has 1 aliphatic heterocycles. The molecule has 1 aromatic carbocycles. The van der Waals surface area contributed by atoms with E-state index in [1.165, 1.54) is 5.56 Å². The summed E-state index contributed by atoms with van der Waals surface area (Å²) in [6.45, 7) is 7.31. The maximum atomic E-state index is 12.7. The number of hydrogen-bond acceptors (Lipinski definition) is 2. The molecule has 3 nitrogen and oxygen atoms in total. The van der Waals surface area contributed by atoms with Gasteiger partial charge in [0.05, 0.1) is 0 Å². The summed E-state index contributed by atoms with van der Waals surface area (Å²) in [4.78, 5) is 14.7. The number of likely N-dealkylation sites (tertiary alicyclic amines) is 1. The molecule has 0 unspecified atom stereocenters. The van der Waals surface area contributed by atoms with Gasteiger partial charge in [-0.2, -0.15) is 0 Å². The van der Waals surface area contributed by atoms with Crippen molar-refractivity contribution >= 4 is 5.91 Å². The van der Waals surface area contributed by atoms with E-state index in [-0.39, 0.29) is 18.0 Å².